The minimum absolute atomic E-state index is 0.00491. The Bertz CT molecular complexity index is 966. The summed E-state index contributed by atoms with van der Waals surface area (Å²) >= 11 is 0. The highest BCUT2D eigenvalue weighted by Gasteiger charge is 2.20. The Morgan fingerprint density at radius 2 is 0.758 bits per heavy atom. The van der Waals surface area contributed by atoms with Crippen molar-refractivity contribution in [3.63, 3.8) is 0 Å². The highest BCUT2D eigenvalue weighted by molar-refractivity contribution is 5.76. The summed E-state index contributed by atoms with van der Waals surface area (Å²) in [6.45, 7) is 4.92. The lowest BCUT2D eigenvalue weighted by Crippen LogP contribution is -2.45. The molecule has 0 aromatic heterocycles. The van der Waals surface area contributed by atoms with E-state index in [0.717, 1.165) is 57.8 Å². The molecule has 0 aliphatic carbocycles. The Morgan fingerprint density at radius 1 is 0.435 bits per heavy atom. The standard InChI is InChI=1S/C56H107NO5/c1-3-5-7-9-11-13-15-16-17-18-21-24-27-30-34-38-42-46-50-56(61)62-51-47-43-39-35-31-28-25-22-19-20-23-26-29-33-37-41-45-49-55(60)57-53(52-58)54(59)48-44-40-36-32-14-12-10-8-6-4-2/h17-19,22,53-54,58-59H,3-16,20-21,23-52H2,1-2H3,(H,57,60)/b18-17-,22-19-. The van der Waals surface area contributed by atoms with E-state index in [0.29, 0.717) is 25.9 Å². The summed E-state index contributed by atoms with van der Waals surface area (Å²) < 4.78 is 5.47. The number of unbranched alkanes of at least 4 members (excludes halogenated alkanes) is 36. The van der Waals surface area contributed by atoms with Crippen LogP contribution in [0.1, 0.15) is 296 Å². The predicted molar refractivity (Wildman–Crippen MR) is 269 cm³/mol. The van der Waals surface area contributed by atoms with Crippen LogP contribution in [0.25, 0.3) is 0 Å². The number of esters is 1. The molecule has 0 aromatic carbocycles. The second-order valence-corrected chi connectivity index (χ2v) is 18.9. The number of hydrogen-bond donors (Lipinski definition) is 3. The van der Waals surface area contributed by atoms with Crippen LogP contribution in [0.3, 0.4) is 0 Å². The van der Waals surface area contributed by atoms with Gasteiger partial charge in [0.1, 0.15) is 0 Å². The molecule has 2 atom stereocenters. The van der Waals surface area contributed by atoms with Crippen LogP contribution in [-0.4, -0.2) is 47.4 Å². The minimum atomic E-state index is -0.670. The van der Waals surface area contributed by atoms with E-state index in [-0.39, 0.29) is 18.5 Å². The van der Waals surface area contributed by atoms with Crippen LogP contribution in [-0.2, 0) is 14.3 Å². The number of aliphatic hydroxyl groups excluding tert-OH is 2. The molecule has 2 unspecified atom stereocenters. The molecule has 0 aliphatic heterocycles. The van der Waals surface area contributed by atoms with E-state index < -0.39 is 12.1 Å². The second-order valence-electron chi connectivity index (χ2n) is 18.9. The fourth-order valence-corrected chi connectivity index (χ4v) is 8.45. The topological polar surface area (TPSA) is 95.9 Å². The number of aliphatic hydroxyl groups is 2. The van der Waals surface area contributed by atoms with E-state index >= 15 is 0 Å². The van der Waals surface area contributed by atoms with Gasteiger partial charge in [-0.25, -0.2) is 0 Å². The summed E-state index contributed by atoms with van der Waals surface area (Å²) in [5, 5.41) is 23.1. The van der Waals surface area contributed by atoms with Crippen molar-refractivity contribution in [2.45, 2.75) is 309 Å². The number of nitrogens with one attached hydrogen (secondary N) is 1. The van der Waals surface area contributed by atoms with Gasteiger partial charge in [0.25, 0.3) is 0 Å². The third kappa shape index (κ3) is 47.8. The van der Waals surface area contributed by atoms with Gasteiger partial charge in [-0.1, -0.05) is 231 Å². The average molecular weight is 874 g/mol. The van der Waals surface area contributed by atoms with Crippen LogP contribution >= 0.6 is 0 Å². The molecule has 1 amide bonds. The number of carbonyl (C=O) groups excluding carboxylic acids is 2. The van der Waals surface area contributed by atoms with Gasteiger partial charge in [0.2, 0.25) is 5.91 Å². The zero-order chi connectivity index (χ0) is 45.1. The molecular formula is C56H107NO5. The maximum atomic E-state index is 12.4. The first-order valence-electron chi connectivity index (χ1n) is 27.6. The van der Waals surface area contributed by atoms with Crippen molar-refractivity contribution in [2.24, 2.45) is 0 Å². The van der Waals surface area contributed by atoms with Gasteiger partial charge >= 0.3 is 5.97 Å². The van der Waals surface area contributed by atoms with Crippen LogP contribution in [0.4, 0.5) is 0 Å². The van der Waals surface area contributed by atoms with Crippen molar-refractivity contribution in [1.82, 2.24) is 5.32 Å². The molecule has 0 aromatic rings. The lowest BCUT2D eigenvalue weighted by Gasteiger charge is -2.22. The number of allylic oxidation sites excluding steroid dienone is 4. The number of amides is 1. The van der Waals surface area contributed by atoms with Crippen LogP contribution in [0.2, 0.25) is 0 Å². The molecule has 6 heteroatoms. The molecule has 0 fully saturated rings. The summed E-state index contributed by atoms with van der Waals surface area (Å²) in [5.74, 6) is -0.0537. The lowest BCUT2D eigenvalue weighted by atomic mass is 10.0. The predicted octanol–water partition coefficient (Wildman–Crippen LogP) is 16.7. The molecular weight excluding hydrogens is 767 g/mol. The van der Waals surface area contributed by atoms with Crippen molar-refractivity contribution < 1.29 is 24.5 Å². The van der Waals surface area contributed by atoms with Crippen molar-refractivity contribution in [3.8, 4) is 0 Å². The van der Waals surface area contributed by atoms with Crippen LogP contribution < -0.4 is 5.32 Å². The van der Waals surface area contributed by atoms with E-state index in [1.165, 1.54) is 205 Å². The maximum Gasteiger partial charge on any atom is 0.305 e. The van der Waals surface area contributed by atoms with Crippen molar-refractivity contribution in [1.29, 1.82) is 0 Å². The molecule has 0 saturated carbocycles. The van der Waals surface area contributed by atoms with Crippen molar-refractivity contribution >= 4 is 11.9 Å². The smallest absolute Gasteiger partial charge is 0.305 e. The number of rotatable bonds is 51. The molecule has 0 bridgehead atoms. The SMILES string of the molecule is CCCCCCCCC/C=C\CCCCCCCCCC(=O)OCCCCCCCC/C=C\CCCCCCCCCC(=O)NC(CO)C(O)CCCCCCCCCCCC. The molecule has 0 rings (SSSR count). The first-order valence-corrected chi connectivity index (χ1v) is 27.6. The summed E-state index contributed by atoms with van der Waals surface area (Å²) in [4.78, 5) is 24.5. The van der Waals surface area contributed by atoms with Gasteiger partial charge in [0.05, 0.1) is 25.4 Å². The molecule has 366 valence electrons. The van der Waals surface area contributed by atoms with E-state index in [2.05, 4.69) is 43.5 Å². The van der Waals surface area contributed by atoms with Crippen molar-refractivity contribution in [3.05, 3.63) is 24.3 Å². The normalized spacial score (nSPS) is 12.8. The third-order valence-corrected chi connectivity index (χ3v) is 12.7. The van der Waals surface area contributed by atoms with Gasteiger partial charge in [-0.15, -0.1) is 0 Å². The zero-order valence-corrected chi connectivity index (χ0v) is 41.6. The van der Waals surface area contributed by atoms with Crippen LogP contribution in [0.15, 0.2) is 24.3 Å². The minimum Gasteiger partial charge on any atom is -0.466 e. The quantitative estimate of drug-likeness (QED) is 0.0321. The largest absolute Gasteiger partial charge is 0.466 e. The molecule has 6 nitrogen and oxygen atoms in total. The van der Waals surface area contributed by atoms with Gasteiger partial charge in [0.15, 0.2) is 0 Å². The summed E-state index contributed by atoms with van der Waals surface area (Å²) in [6.07, 6.45) is 61.6. The highest BCUT2D eigenvalue weighted by Crippen LogP contribution is 2.16. The summed E-state index contributed by atoms with van der Waals surface area (Å²) in [5.41, 5.74) is 0. The van der Waals surface area contributed by atoms with Gasteiger partial charge in [-0.3, -0.25) is 9.59 Å². The Labute approximate surface area is 386 Å². The Balaban J connectivity index is 3.42. The van der Waals surface area contributed by atoms with Gasteiger partial charge in [-0.2, -0.15) is 0 Å². The number of hydrogen-bond acceptors (Lipinski definition) is 5. The fraction of sp³-hybridized carbons (Fsp3) is 0.893. The highest BCUT2D eigenvalue weighted by atomic mass is 16.5. The summed E-state index contributed by atoms with van der Waals surface area (Å²) in [7, 11) is 0. The fourth-order valence-electron chi connectivity index (χ4n) is 8.45. The van der Waals surface area contributed by atoms with Gasteiger partial charge < -0.3 is 20.3 Å². The summed E-state index contributed by atoms with van der Waals surface area (Å²) in [6, 6.07) is -0.548. The van der Waals surface area contributed by atoms with E-state index in [1.807, 2.05) is 0 Å². The zero-order valence-electron chi connectivity index (χ0n) is 41.6. The molecule has 3 N–H and O–H groups in total. The number of ether oxygens (including phenoxy) is 1. The van der Waals surface area contributed by atoms with Crippen LogP contribution in [0, 0.1) is 0 Å². The van der Waals surface area contributed by atoms with Crippen molar-refractivity contribution in [2.75, 3.05) is 13.2 Å². The Kier molecular flexibility index (Phi) is 50.6. The molecule has 0 spiro atoms. The van der Waals surface area contributed by atoms with E-state index in [4.69, 9.17) is 4.74 Å². The molecule has 62 heavy (non-hydrogen) atoms. The van der Waals surface area contributed by atoms with E-state index in [1.54, 1.807) is 0 Å². The Hall–Kier alpha value is -1.66. The third-order valence-electron chi connectivity index (χ3n) is 12.7. The van der Waals surface area contributed by atoms with Gasteiger partial charge in [0, 0.05) is 12.8 Å². The molecule has 0 saturated heterocycles. The maximum absolute atomic E-state index is 12.4. The van der Waals surface area contributed by atoms with Gasteiger partial charge in [-0.05, 0) is 77.0 Å². The molecule has 0 aliphatic rings. The second kappa shape index (κ2) is 52.0. The Morgan fingerprint density at radius 3 is 1.15 bits per heavy atom. The van der Waals surface area contributed by atoms with E-state index in [9.17, 15) is 19.8 Å². The lowest BCUT2D eigenvalue weighted by molar-refractivity contribution is -0.143. The monoisotopic (exact) mass is 874 g/mol. The molecule has 0 radical (unpaired) electrons. The average Bonchev–Trinajstić information content (AvgIpc) is 3.27. The molecule has 0 heterocycles. The van der Waals surface area contributed by atoms with Crippen LogP contribution in [0.5, 0.6) is 0 Å². The number of carbonyl (C=O) groups is 2. The first kappa shape index (κ1) is 60.3. The first-order chi connectivity index (χ1) is 30.5.